The normalized spacial score (nSPS) is 16.8. The first-order chi connectivity index (χ1) is 13.8. The highest BCUT2D eigenvalue weighted by molar-refractivity contribution is 6.30. The van der Waals surface area contributed by atoms with Crippen molar-refractivity contribution in [3.63, 3.8) is 0 Å². The van der Waals surface area contributed by atoms with Gasteiger partial charge in [0, 0.05) is 36.9 Å². The number of ether oxygens (including phenoxy) is 1. The summed E-state index contributed by atoms with van der Waals surface area (Å²) in [6.07, 6.45) is 0. The van der Waals surface area contributed by atoms with Gasteiger partial charge < -0.3 is 14.2 Å². The van der Waals surface area contributed by atoms with Crippen molar-refractivity contribution in [2.24, 2.45) is 0 Å². The number of nitrogens with zero attached hydrogens (tertiary/aromatic N) is 5. The van der Waals surface area contributed by atoms with Gasteiger partial charge in [0.25, 0.3) is 0 Å². The first-order valence-electron chi connectivity index (χ1n) is 9.65. The Morgan fingerprint density at radius 1 is 0.893 bits per heavy atom. The van der Waals surface area contributed by atoms with Crippen molar-refractivity contribution in [1.82, 2.24) is 19.7 Å². The topological polar surface area (TPSA) is 46.4 Å². The molecule has 0 atom stereocenters. The SMILES string of the molecule is Clc1ccc(N2CCN(Cc3nnc4n3CCOc3ccccc3-4)CC2)cc1. The highest BCUT2D eigenvalue weighted by Crippen LogP contribution is 2.31. The minimum atomic E-state index is 0.638. The standard InChI is InChI=1S/C21H22ClN5O/c22-16-5-7-17(8-6-16)26-11-9-25(10-12-26)15-20-23-24-21-18-3-1-2-4-19(18)28-14-13-27(20)21/h1-8H,9-15H2. The van der Waals surface area contributed by atoms with E-state index in [1.54, 1.807) is 0 Å². The largest absolute Gasteiger partial charge is 0.491 e. The predicted octanol–water partition coefficient (Wildman–Crippen LogP) is 3.31. The molecule has 7 heteroatoms. The summed E-state index contributed by atoms with van der Waals surface area (Å²) in [6, 6.07) is 16.1. The first-order valence-corrected chi connectivity index (χ1v) is 10.0. The highest BCUT2D eigenvalue weighted by Gasteiger charge is 2.23. The summed E-state index contributed by atoms with van der Waals surface area (Å²) >= 11 is 6.00. The lowest BCUT2D eigenvalue weighted by Crippen LogP contribution is -2.46. The van der Waals surface area contributed by atoms with Crippen LogP contribution in [0.3, 0.4) is 0 Å². The van der Waals surface area contributed by atoms with Gasteiger partial charge >= 0.3 is 0 Å². The lowest BCUT2D eigenvalue weighted by Gasteiger charge is -2.35. The molecule has 144 valence electrons. The molecule has 2 aromatic carbocycles. The number of piperazine rings is 1. The van der Waals surface area contributed by atoms with Crippen LogP contribution in [0.5, 0.6) is 5.75 Å². The minimum absolute atomic E-state index is 0.638. The third kappa shape index (κ3) is 3.34. The number of fused-ring (bicyclic) bond motifs is 3. The van der Waals surface area contributed by atoms with Gasteiger partial charge in [0.05, 0.1) is 18.7 Å². The van der Waals surface area contributed by atoms with Crippen LogP contribution < -0.4 is 9.64 Å². The monoisotopic (exact) mass is 395 g/mol. The molecule has 2 aliphatic heterocycles. The molecule has 5 rings (SSSR count). The van der Waals surface area contributed by atoms with E-state index in [1.807, 2.05) is 30.3 Å². The molecule has 1 fully saturated rings. The zero-order chi connectivity index (χ0) is 18.9. The van der Waals surface area contributed by atoms with Crippen LogP contribution in [0.25, 0.3) is 11.4 Å². The molecule has 2 aliphatic rings. The smallest absolute Gasteiger partial charge is 0.167 e. The van der Waals surface area contributed by atoms with Gasteiger partial charge in [-0.3, -0.25) is 4.90 Å². The molecule has 6 nitrogen and oxygen atoms in total. The Morgan fingerprint density at radius 3 is 2.50 bits per heavy atom. The van der Waals surface area contributed by atoms with Crippen molar-refractivity contribution in [3.05, 3.63) is 59.4 Å². The van der Waals surface area contributed by atoms with E-state index in [0.29, 0.717) is 6.61 Å². The third-order valence-electron chi connectivity index (χ3n) is 5.46. The summed E-state index contributed by atoms with van der Waals surface area (Å²) in [5, 5.41) is 9.76. The summed E-state index contributed by atoms with van der Waals surface area (Å²) in [5.74, 6) is 2.80. The Kier molecular flexibility index (Phi) is 4.66. The Morgan fingerprint density at radius 2 is 1.68 bits per heavy atom. The molecule has 0 amide bonds. The van der Waals surface area contributed by atoms with E-state index >= 15 is 0 Å². The van der Waals surface area contributed by atoms with E-state index in [-0.39, 0.29) is 0 Å². The fourth-order valence-corrected chi connectivity index (χ4v) is 4.05. The molecule has 0 N–H and O–H groups in total. The first kappa shape index (κ1) is 17.5. The van der Waals surface area contributed by atoms with Gasteiger partial charge in [0.15, 0.2) is 5.82 Å². The molecule has 0 saturated carbocycles. The summed E-state index contributed by atoms with van der Waals surface area (Å²) in [6.45, 7) is 6.21. The molecule has 3 heterocycles. The zero-order valence-electron chi connectivity index (χ0n) is 15.6. The van der Waals surface area contributed by atoms with Crippen LogP contribution in [0.2, 0.25) is 5.02 Å². The Labute approximate surface area is 169 Å². The molecular formula is C21H22ClN5O. The predicted molar refractivity (Wildman–Crippen MR) is 110 cm³/mol. The maximum absolute atomic E-state index is 6.00. The number of para-hydroxylation sites is 1. The van der Waals surface area contributed by atoms with Crippen molar-refractivity contribution in [1.29, 1.82) is 0 Å². The molecule has 1 aromatic heterocycles. The lowest BCUT2D eigenvalue weighted by atomic mass is 10.2. The van der Waals surface area contributed by atoms with Crippen molar-refractivity contribution in [2.75, 3.05) is 37.7 Å². The number of hydrogen-bond acceptors (Lipinski definition) is 5. The molecule has 1 saturated heterocycles. The van der Waals surface area contributed by atoms with Crippen LogP contribution in [-0.2, 0) is 13.1 Å². The molecule has 3 aromatic rings. The van der Waals surface area contributed by atoms with Crippen molar-refractivity contribution >= 4 is 17.3 Å². The van der Waals surface area contributed by atoms with Gasteiger partial charge in [0.1, 0.15) is 18.2 Å². The van der Waals surface area contributed by atoms with Crippen LogP contribution in [0, 0.1) is 0 Å². The molecule has 0 spiro atoms. The molecule has 28 heavy (non-hydrogen) atoms. The summed E-state index contributed by atoms with van der Waals surface area (Å²) < 4.78 is 8.09. The maximum Gasteiger partial charge on any atom is 0.167 e. The quantitative estimate of drug-likeness (QED) is 0.680. The van der Waals surface area contributed by atoms with Gasteiger partial charge in [-0.25, -0.2) is 0 Å². The highest BCUT2D eigenvalue weighted by atomic mass is 35.5. The Hall–Kier alpha value is -2.57. The minimum Gasteiger partial charge on any atom is -0.491 e. The fraction of sp³-hybridized carbons (Fsp3) is 0.333. The van der Waals surface area contributed by atoms with Crippen molar-refractivity contribution < 1.29 is 4.74 Å². The molecule has 0 bridgehead atoms. The average molecular weight is 396 g/mol. The number of benzene rings is 2. The van der Waals surface area contributed by atoms with Crippen molar-refractivity contribution in [3.8, 4) is 17.1 Å². The number of hydrogen-bond donors (Lipinski definition) is 0. The Bertz CT molecular complexity index is 963. The van der Waals surface area contributed by atoms with E-state index in [0.717, 1.165) is 67.3 Å². The second kappa shape index (κ2) is 7.45. The molecule has 0 radical (unpaired) electrons. The summed E-state index contributed by atoms with van der Waals surface area (Å²) in [4.78, 5) is 4.85. The van der Waals surface area contributed by atoms with Crippen LogP contribution >= 0.6 is 11.6 Å². The number of rotatable bonds is 3. The third-order valence-corrected chi connectivity index (χ3v) is 5.71. The van der Waals surface area contributed by atoms with Gasteiger partial charge in [-0.05, 0) is 36.4 Å². The van der Waals surface area contributed by atoms with Gasteiger partial charge in [-0.2, -0.15) is 0 Å². The van der Waals surface area contributed by atoms with E-state index in [4.69, 9.17) is 16.3 Å². The summed E-state index contributed by atoms with van der Waals surface area (Å²) in [7, 11) is 0. The number of aromatic nitrogens is 3. The maximum atomic E-state index is 6.00. The zero-order valence-corrected chi connectivity index (χ0v) is 16.3. The molecule has 0 unspecified atom stereocenters. The average Bonchev–Trinajstić information content (AvgIpc) is 3.02. The van der Waals surface area contributed by atoms with Crippen LogP contribution in [-0.4, -0.2) is 52.5 Å². The van der Waals surface area contributed by atoms with Gasteiger partial charge in [-0.15, -0.1) is 10.2 Å². The van der Waals surface area contributed by atoms with Gasteiger partial charge in [0.2, 0.25) is 0 Å². The molecular weight excluding hydrogens is 374 g/mol. The van der Waals surface area contributed by atoms with Gasteiger partial charge in [-0.1, -0.05) is 23.7 Å². The molecule has 0 aliphatic carbocycles. The van der Waals surface area contributed by atoms with Crippen LogP contribution in [0.15, 0.2) is 48.5 Å². The Balaban J connectivity index is 1.29. The summed E-state index contributed by atoms with van der Waals surface area (Å²) in [5.41, 5.74) is 2.25. The van der Waals surface area contributed by atoms with E-state index in [9.17, 15) is 0 Å². The van der Waals surface area contributed by atoms with Crippen LogP contribution in [0.1, 0.15) is 5.82 Å². The second-order valence-corrected chi connectivity index (χ2v) is 7.61. The lowest BCUT2D eigenvalue weighted by molar-refractivity contribution is 0.237. The fourth-order valence-electron chi connectivity index (χ4n) is 3.93. The van der Waals surface area contributed by atoms with E-state index < -0.39 is 0 Å². The van der Waals surface area contributed by atoms with Crippen LogP contribution in [0.4, 0.5) is 5.69 Å². The van der Waals surface area contributed by atoms with Crippen molar-refractivity contribution in [2.45, 2.75) is 13.1 Å². The second-order valence-electron chi connectivity index (χ2n) is 7.18. The number of halogens is 1. The number of anilines is 1. The van der Waals surface area contributed by atoms with E-state index in [1.165, 1.54) is 5.69 Å². The van der Waals surface area contributed by atoms with E-state index in [2.05, 4.69) is 42.8 Å².